The van der Waals surface area contributed by atoms with Crippen LogP contribution in [0.25, 0.3) is 10.9 Å². The fraction of sp³-hybridized carbons (Fsp3) is 0.333. The summed E-state index contributed by atoms with van der Waals surface area (Å²) >= 11 is 5.91. The normalized spacial score (nSPS) is 14.6. The fourth-order valence-electron chi connectivity index (χ4n) is 3.30. The molecule has 6 nitrogen and oxygen atoms in total. The van der Waals surface area contributed by atoms with Crippen LogP contribution in [0.5, 0.6) is 0 Å². The molecule has 0 bridgehead atoms. The minimum Gasteiger partial charge on any atom is -0.382 e. The maximum atomic E-state index is 13.5. The smallest absolute Gasteiger partial charge is 0.229 e. The molecule has 4 rings (SSSR count). The van der Waals surface area contributed by atoms with Crippen molar-refractivity contribution in [1.29, 1.82) is 0 Å². The van der Waals surface area contributed by atoms with Crippen LogP contribution in [0.3, 0.4) is 0 Å². The van der Waals surface area contributed by atoms with E-state index in [0.29, 0.717) is 36.7 Å². The molecule has 1 heterocycles. The largest absolute Gasteiger partial charge is 0.382 e. The van der Waals surface area contributed by atoms with Crippen LogP contribution in [0.15, 0.2) is 36.4 Å². The van der Waals surface area contributed by atoms with Gasteiger partial charge in [-0.3, -0.25) is 0 Å². The minimum absolute atomic E-state index is 0.0433. The highest BCUT2D eigenvalue weighted by molar-refractivity contribution is 6.31. The summed E-state index contributed by atoms with van der Waals surface area (Å²) in [5, 5.41) is 11.0. The Labute approximate surface area is 174 Å². The van der Waals surface area contributed by atoms with Gasteiger partial charge in [0.15, 0.2) is 0 Å². The lowest BCUT2D eigenvalue weighted by Gasteiger charge is -2.18. The van der Waals surface area contributed by atoms with Gasteiger partial charge in [-0.05, 0) is 56.0 Å². The van der Waals surface area contributed by atoms with Crippen LogP contribution < -0.4 is 21.7 Å². The molecule has 1 atom stereocenters. The van der Waals surface area contributed by atoms with E-state index < -0.39 is 5.82 Å². The molecule has 29 heavy (non-hydrogen) atoms. The van der Waals surface area contributed by atoms with Crippen LogP contribution >= 0.6 is 11.6 Å². The number of para-hydroxylation sites is 1. The van der Waals surface area contributed by atoms with Crippen molar-refractivity contribution in [2.45, 2.75) is 25.8 Å². The van der Waals surface area contributed by atoms with Crippen LogP contribution in [0.4, 0.5) is 27.5 Å². The number of nitrogens with two attached hydrogens (primary N) is 1. The Hall–Kier alpha value is -2.64. The molecule has 3 aromatic rings. The van der Waals surface area contributed by atoms with Crippen molar-refractivity contribution >= 4 is 45.6 Å². The summed E-state index contributed by atoms with van der Waals surface area (Å²) in [6.45, 7) is 3.33. The van der Waals surface area contributed by atoms with E-state index in [1.165, 1.54) is 25.0 Å². The third-order valence-corrected chi connectivity index (χ3v) is 5.35. The minimum atomic E-state index is -0.467. The number of halogens is 2. The van der Waals surface area contributed by atoms with Crippen molar-refractivity contribution in [2.24, 2.45) is 11.7 Å². The average molecular weight is 415 g/mol. The van der Waals surface area contributed by atoms with E-state index in [0.717, 1.165) is 22.4 Å². The molecule has 0 saturated heterocycles. The molecule has 1 aromatic heterocycles. The third kappa shape index (κ3) is 4.52. The quantitative estimate of drug-likeness (QED) is 0.425. The van der Waals surface area contributed by atoms with Gasteiger partial charge in [0.2, 0.25) is 5.95 Å². The molecule has 1 aliphatic carbocycles. The second kappa shape index (κ2) is 8.39. The van der Waals surface area contributed by atoms with Gasteiger partial charge in [0.05, 0.1) is 10.7 Å². The number of aromatic nitrogens is 2. The average Bonchev–Trinajstić information content (AvgIpc) is 3.55. The van der Waals surface area contributed by atoms with Gasteiger partial charge in [-0.1, -0.05) is 17.7 Å². The van der Waals surface area contributed by atoms with Crippen molar-refractivity contribution < 1.29 is 4.39 Å². The van der Waals surface area contributed by atoms with Crippen molar-refractivity contribution in [1.82, 2.24) is 9.97 Å². The molecule has 8 heteroatoms. The molecule has 0 spiro atoms. The first-order chi connectivity index (χ1) is 14.0. The lowest BCUT2D eigenvalue weighted by molar-refractivity contribution is 0.628. The lowest BCUT2D eigenvalue weighted by atomic mass is 10.1. The topological polar surface area (TPSA) is 87.9 Å². The number of hydrogen-bond donors (Lipinski definition) is 4. The van der Waals surface area contributed by atoms with Crippen molar-refractivity contribution in [3.05, 3.63) is 47.2 Å². The van der Waals surface area contributed by atoms with Crippen molar-refractivity contribution in [3.63, 3.8) is 0 Å². The van der Waals surface area contributed by atoms with Crippen LogP contribution in [0.1, 0.15) is 19.8 Å². The third-order valence-electron chi connectivity index (χ3n) is 5.06. The fourth-order valence-corrected chi connectivity index (χ4v) is 3.48. The number of rotatable bonds is 8. The van der Waals surface area contributed by atoms with Gasteiger partial charge in [0.25, 0.3) is 0 Å². The van der Waals surface area contributed by atoms with E-state index >= 15 is 0 Å². The Morgan fingerprint density at radius 2 is 2.07 bits per heavy atom. The Bertz CT molecular complexity index is 1020. The summed E-state index contributed by atoms with van der Waals surface area (Å²) in [5.74, 6) is 1.38. The molecule has 1 unspecified atom stereocenters. The van der Waals surface area contributed by atoms with Gasteiger partial charge in [-0.2, -0.15) is 4.98 Å². The standard InChI is InChI=1S/C21H24ClFN6/c1-12(13-5-6-13)26-20-15-3-2-4-18(25-10-9-24)19(15)28-21(29-20)27-14-7-8-17(23)16(22)11-14/h2-4,7-8,11-13,25H,5-6,9-10,24H2,1H3,(H2,26,27,28,29). The first-order valence-electron chi connectivity index (χ1n) is 9.78. The first-order valence-corrected chi connectivity index (χ1v) is 10.2. The zero-order valence-electron chi connectivity index (χ0n) is 16.2. The van der Waals surface area contributed by atoms with Gasteiger partial charge in [-0.15, -0.1) is 0 Å². The number of hydrogen-bond acceptors (Lipinski definition) is 6. The molecule has 152 valence electrons. The Kier molecular flexibility index (Phi) is 5.69. The highest BCUT2D eigenvalue weighted by Crippen LogP contribution is 2.36. The number of nitrogens with zero attached hydrogens (tertiary/aromatic N) is 2. The second-order valence-electron chi connectivity index (χ2n) is 7.34. The summed E-state index contributed by atoms with van der Waals surface area (Å²) in [5.41, 5.74) is 7.94. The van der Waals surface area contributed by atoms with Gasteiger partial charge in [0, 0.05) is 30.2 Å². The predicted molar refractivity (Wildman–Crippen MR) is 118 cm³/mol. The summed E-state index contributed by atoms with van der Waals surface area (Å²) in [6.07, 6.45) is 2.47. The molecule has 5 N–H and O–H groups in total. The van der Waals surface area contributed by atoms with Gasteiger partial charge in [-0.25, -0.2) is 9.37 Å². The molecular weight excluding hydrogens is 391 g/mol. The zero-order chi connectivity index (χ0) is 20.4. The summed E-state index contributed by atoms with van der Waals surface area (Å²) in [6, 6.07) is 10.7. The van der Waals surface area contributed by atoms with Crippen LogP contribution in [-0.4, -0.2) is 29.1 Å². The van der Waals surface area contributed by atoms with Crippen molar-refractivity contribution in [3.8, 4) is 0 Å². The first kappa shape index (κ1) is 19.7. The maximum absolute atomic E-state index is 13.5. The molecule has 0 radical (unpaired) electrons. The lowest BCUT2D eigenvalue weighted by Crippen LogP contribution is -2.19. The molecule has 1 fully saturated rings. The van der Waals surface area contributed by atoms with E-state index in [2.05, 4.69) is 22.9 Å². The van der Waals surface area contributed by atoms with Gasteiger partial charge < -0.3 is 21.7 Å². The maximum Gasteiger partial charge on any atom is 0.229 e. The van der Waals surface area contributed by atoms with E-state index in [4.69, 9.17) is 27.3 Å². The van der Waals surface area contributed by atoms with E-state index in [1.807, 2.05) is 18.2 Å². The highest BCUT2D eigenvalue weighted by Gasteiger charge is 2.28. The summed E-state index contributed by atoms with van der Waals surface area (Å²) in [4.78, 5) is 9.40. The molecule has 0 aliphatic heterocycles. The predicted octanol–water partition coefficient (Wildman–Crippen LogP) is 4.75. The molecular formula is C21H24ClFN6. The summed E-state index contributed by atoms with van der Waals surface area (Å²) in [7, 11) is 0. The number of benzene rings is 2. The monoisotopic (exact) mass is 414 g/mol. The summed E-state index contributed by atoms with van der Waals surface area (Å²) < 4.78 is 13.5. The van der Waals surface area contributed by atoms with Gasteiger partial charge >= 0.3 is 0 Å². The zero-order valence-corrected chi connectivity index (χ0v) is 16.9. The van der Waals surface area contributed by atoms with E-state index in [1.54, 1.807) is 6.07 Å². The molecule has 0 amide bonds. The Balaban J connectivity index is 1.74. The van der Waals surface area contributed by atoms with Crippen molar-refractivity contribution in [2.75, 3.05) is 29.0 Å². The molecule has 1 saturated carbocycles. The molecule has 2 aromatic carbocycles. The van der Waals surface area contributed by atoms with E-state index in [9.17, 15) is 4.39 Å². The SMILES string of the molecule is CC(Nc1nc(Nc2ccc(F)c(Cl)c2)nc2c(NCCN)cccc12)C1CC1. The number of fused-ring (bicyclic) bond motifs is 1. The molecule has 1 aliphatic rings. The van der Waals surface area contributed by atoms with Gasteiger partial charge in [0.1, 0.15) is 17.2 Å². The Morgan fingerprint density at radius 3 is 2.79 bits per heavy atom. The van der Waals surface area contributed by atoms with E-state index in [-0.39, 0.29) is 5.02 Å². The number of anilines is 4. The van der Waals surface area contributed by atoms with Crippen LogP contribution in [-0.2, 0) is 0 Å². The van der Waals surface area contributed by atoms with Crippen LogP contribution in [0, 0.1) is 11.7 Å². The highest BCUT2D eigenvalue weighted by atomic mass is 35.5. The Morgan fingerprint density at radius 1 is 1.24 bits per heavy atom. The van der Waals surface area contributed by atoms with Crippen LogP contribution in [0.2, 0.25) is 5.02 Å². The second-order valence-corrected chi connectivity index (χ2v) is 7.74. The number of nitrogens with one attached hydrogen (secondary N) is 3.